The molecule has 1 heterocycles. The molecule has 2 aromatic rings. The molecule has 0 radical (unpaired) electrons. The Balaban J connectivity index is 2.68. The Morgan fingerprint density at radius 1 is 1.12 bits per heavy atom. The number of hydrogen-bond acceptors (Lipinski definition) is 3. The third-order valence-corrected chi connectivity index (χ3v) is 4.08. The summed E-state index contributed by atoms with van der Waals surface area (Å²) in [5.74, 6) is 0. The number of rotatable bonds is 2. The Bertz CT molecular complexity index is 681. The topological polar surface area (TPSA) is 86.0 Å². The number of hydrogen-bond donors (Lipinski definition) is 2. The Labute approximate surface area is 92.0 Å². The second kappa shape index (κ2) is 3.46. The monoisotopic (exact) mass is 241 g/mol. The van der Waals surface area contributed by atoms with Crippen molar-refractivity contribution in [1.82, 2.24) is 14.3 Å². The lowest BCUT2D eigenvalue weighted by atomic mass is 10.3. The van der Waals surface area contributed by atoms with Crippen LogP contribution in [0.25, 0.3) is 11.0 Å². The number of aromatic nitrogens is 2. The molecule has 0 aliphatic heterocycles. The van der Waals surface area contributed by atoms with E-state index < -0.39 is 10.0 Å². The van der Waals surface area contributed by atoms with Crippen molar-refractivity contribution in [2.45, 2.75) is 4.90 Å². The van der Waals surface area contributed by atoms with Gasteiger partial charge in [-0.15, -0.1) is 0 Å². The molecule has 2 rings (SSSR count). The van der Waals surface area contributed by atoms with Gasteiger partial charge in [-0.25, -0.2) is 17.5 Å². The molecule has 0 amide bonds. The first-order valence-electron chi connectivity index (χ1n) is 4.56. The van der Waals surface area contributed by atoms with Crippen LogP contribution >= 0.6 is 0 Å². The summed E-state index contributed by atoms with van der Waals surface area (Å²) in [5, 5.41) is 0. The van der Waals surface area contributed by atoms with Gasteiger partial charge in [-0.1, -0.05) is 0 Å². The van der Waals surface area contributed by atoms with Crippen LogP contribution in [-0.2, 0) is 10.0 Å². The minimum absolute atomic E-state index is 0.153. The molecule has 7 heteroatoms. The maximum atomic E-state index is 11.8. The zero-order valence-electron chi connectivity index (χ0n) is 8.81. The van der Waals surface area contributed by atoms with Gasteiger partial charge in [-0.05, 0) is 18.2 Å². The van der Waals surface area contributed by atoms with E-state index in [1.54, 1.807) is 6.07 Å². The van der Waals surface area contributed by atoms with E-state index >= 15 is 0 Å². The number of aromatic amines is 2. The summed E-state index contributed by atoms with van der Waals surface area (Å²) >= 11 is 0. The van der Waals surface area contributed by atoms with Crippen molar-refractivity contribution in [3.8, 4) is 0 Å². The molecular weight excluding hydrogens is 230 g/mol. The molecule has 0 fully saturated rings. The van der Waals surface area contributed by atoms with Gasteiger partial charge in [0.1, 0.15) is 0 Å². The molecule has 1 aromatic heterocycles. The molecule has 0 aliphatic carbocycles. The molecule has 0 unspecified atom stereocenters. The second-order valence-electron chi connectivity index (χ2n) is 3.57. The average molecular weight is 241 g/mol. The third kappa shape index (κ3) is 1.63. The second-order valence-corrected chi connectivity index (χ2v) is 5.73. The van der Waals surface area contributed by atoms with Crippen LogP contribution < -0.4 is 5.69 Å². The smallest absolute Gasteiger partial charge is 0.306 e. The highest BCUT2D eigenvalue weighted by molar-refractivity contribution is 7.89. The number of imidazole rings is 1. The van der Waals surface area contributed by atoms with Crippen LogP contribution in [0.15, 0.2) is 27.9 Å². The molecule has 1 aromatic carbocycles. The lowest BCUT2D eigenvalue weighted by Crippen LogP contribution is -2.22. The summed E-state index contributed by atoms with van der Waals surface area (Å²) in [5.41, 5.74) is 0.713. The fraction of sp³-hybridized carbons (Fsp3) is 0.222. The lowest BCUT2D eigenvalue weighted by molar-refractivity contribution is 0.521. The van der Waals surface area contributed by atoms with Gasteiger partial charge < -0.3 is 9.97 Å². The van der Waals surface area contributed by atoms with E-state index in [1.807, 2.05) is 0 Å². The van der Waals surface area contributed by atoms with Gasteiger partial charge in [0.05, 0.1) is 15.9 Å². The first-order valence-corrected chi connectivity index (χ1v) is 6.00. The zero-order valence-corrected chi connectivity index (χ0v) is 9.63. The summed E-state index contributed by atoms with van der Waals surface area (Å²) in [6.07, 6.45) is 0. The quantitative estimate of drug-likeness (QED) is 0.782. The first-order chi connectivity index (χ1) is 7.41. The van der Waals surface area contributed by atoms with E-state index in [0.29, 0.717) is 11.0 Å². The largest absolute Gasteiger partial charge is 0.323 e. The van der Waals surface area contributed by atoms with Crippen LogP contribution in [0.4, 0.5) is 0 Å². The van der Waals surface area contributed by atoms with E-state index in [0.717, 1.165) is 4.31 Å². The highest BCUT2D eigenvalue weighted by Gasteiger charge is 2.17. The van der Waals surface area contributed by atoms with E-state index in [1.165, 1.54) is 26.2 Å². The SMILES string of the molecule is CN(C)S(=O)(=O)c1ccc2[nH]c(=O)[nH]c2c1. The van der Waals surface area contributed by atoms with Crippen molar-refractivity contribution in [2.24, 2.45) is 0 Å². The predicted octanol–water partition coefficient (Wildman–Crippen LogP) is 0.107. The maximum Gasteiger partial charge on any atom is 0.323 e. The molecule has 16 heavy (non-hydrogen) atoms. The molecular formula is C9H11N3O3S. The Kier molecular flexibility index (Phi) is 2.36. The van der Waals surface area contributed by atoms with Gasteiger partial charge >= 0.3 is 5.69 Å². The van der Waals surface area contributed by atoms with Crippen molar-refractivity contribution < 1.29 is 8.42 Å². The van der Waals surface area contributed by atoms with Crippen molar-refractivity contribution in [3.05, 3.63) is 28.7 Å². The summed E-state index contributed by atoms with van der Waals surface area (Å²) in [4.78, 5) is 16.2. The molecule has 0 atom stereocenters. The molecule has 2 N–H and O–H groups in total. The van der Waals surface area contributed by atoms with Gasteiger partial charge in [0.25, 0.3) is 0 Å². The number of sulfonamides is 1. The number of benzene rings is 1. The molecule has 6 nitrogen and oxygen atoms in total. The zero-order chi connectivity index (χ0) is 11.9. The van der Waals surface area contributed by atoms with Crippen molar-refractivity contribution in [3.63, 3.8) is 0 Å². The number of H-pyrrole nitrogens is 2. The van der Waals surface area contributed by atoms with Gasteiger partial charge in [-0.3, -0.25) is 0 Å². The normalized spacial score (nSPS) is 12.4. The summed E-state index contributed by atoms with van der Waals surface area (Å²) < 4.78 is 24.7. The van der Waals surface area contributed by atoms with Crippen LogP contribution in [0.5, 0.6) is 0 Å². The van der Waals surface area contributed by atoms with Crippen LogP contribution in [0, 0.1) is 0 Å². The van der Waals surface area contributed by atoms with E-state index in [9.17, 15) is 13.2 Å². The van der Waals surface area contributed by atoms with Crippen molar-refractivity contribution in [1.29, 1.82) is 0 Å². The Morgan fingerprint density at radius 3 is 2.38 bits per heavy atom. The standard InChI is InChI=1S/C9H11N3O3S/c1-12(2)16(14,15)6-3-4-7-8(5-6)11-9(13)10-7/h3-5H,1-2H3,(H2,10,11,13). The van der Waals surface area contributed by atoms with E-state index in [2.05, 4.69) is 9.97 Å². The van der Waals surface area contributed by atoms with Gasteiger partial charge in [0.15, 0.2) is 0 Å². The van der Waals surface area contributed by atoms with E-state index in [4.69, 9.17) is 0 Å². The minimum atomic E-state index is -3.46. The molecule has 0 saturated heterocycles. The Hall–Kier alpha value is -1.60. The number of nitrogens with one attached hydrogen (secondary N) is 2. The van der Waals surface area contributed by atoms with Gasteiger partial charge in [0, 0.05) is 14.1 Å². The summed E-state index contributed by atoms with van der Waals surface area (Å²) in [7, 11) is -0.546. The Morgan fingerprint density at radius 2 is 1.75 bits per heavy atom. The third-order valence-electron chi connectivity index (χ3n) is 2.27. The molecule has 0 spiro atoms. The van der Waals surface area contributed by atoms with Gasteiger partial charge in [-0.2, -0.15) is 0 Å². The van der Waals surface area contributed by atoms with Crippen molar-refractivity contribution >= 4 is 21.1 Å². The van der Waals surface area contributed by atoms with Crippen LogP contribution in [0.3, 0.4) is 0 Å². The summed E-state index contributed by atoms with van der Waals surface area (Å²) in [6, 6.07) is 4.45. The number of nitrogens with zero attached hydrogens (tertiary/aromatic N) is 1. The highest BCUT2D eigenvalue weighted by Crippen LogP contribution is 2.17. The number of fused-ring (bicyclic) bond motifs is 1. The minimum Gasteiger partial charge on any atom is -0.306 e. The van der Waals surface area contributed by atoms with Gasteiger partial charge in [0.2, 0.25) is 10.0 Å². The molecule has 0 saturated carbocycles. The highest BCUT2D eigenvalue weighted by atomic mass is 32.2. The van der Waals surface area contributed by atoms with Crippen LogP contribution in [-0.4, -0.2) is 36.8 Å². The lowest BCUT2D eigenvalue weighted by Gasteiger charge is -2.10. The summed E-state index contributed by atoms with van der Waals surface area (Å²) in [6.45, 7) is 0. The average Bonchev–Trinajstić information content (AvgIpc) is 2.56. The fourth-order valence-electron chi connectivity index (χ4n) is 1.38. The predicted molar refractivity (Wildman–Crippen MR) is 59.8 cm³/mol. The maximum absolute atomic E-state index is 11.8. The van der Waals surface area contributed by atoms with Crippen LogP contribution in [0.2, 0.25) is 0 Å². The van der Waals surface area contributed by atoms with Crippen LogP contribution in [0.1, 0.15) is 0 Å². The molecule has 86 valence electrons. The fourth-order valence-corrected chi connectivity index (χ4v) is 2.31. The molecule has 0 aliphatic rings. The molecule has 0 bridgehead atoms. The first kappa shape index (κ1) is 10.9. The van der Waals surface area contributed by atoms with Crippen molar-refractivity contribution in [2.75, 3.05) is 14.1 Å². The van der Waals surface area contributed by atoms with E-state index in [-0.39, 0.29) is 10.6 Å².